The van der Waals surface area contributed by atoms with E-state index in [2.05, 4.69) is 31.4 Å². The lowest BCUT2D eigenvalue weighted by Crippen LogP contribution is -2.24. The summed E-state index contributed by atoms with van der Waals surface area (Å²) in [5.41, 5.74) is 0.931. The number of rotatable bonds is 7. The van der Waals surface area contributed by atoms with E-state index in [-0.39, 0.29) is 17.6 Å². The van der Waals surface area contributed by atoms with Gasteiger partial charge in [0.15, 0.2) is 0 Å². The minimum absolute atomic E-state index is 0.142. The molecule has 1 heterocycles. The van der Waals surface area contributed by atoms with E-state index in [4.69, 9.17) is 4.74 Å². The number of hydrogen-bond donors (Lipinski definition) is 1. The summed E-state index contributed by atoms with van der Waals surface area (Å²) in [5.74, 6) is -0.402. The monoisotopic (exact) mass is 429 g/mol. The van der Waals surface area contributed by atoms with Crippen molar-refractivity contribution in [2.75, 3.05) is 17.7 Å². The number of hydrogen-bond acceptors (Lipinski definition) is 7. The first-order chi connectivity index (χ1) is 11.5. The molecule has 9 heteroatoms. The molecular weight excluding hydrogens is 414 g/mol. The molecule has 0 fully saturated rings. The van der Waals surface area contributed by atoms with Gasteiger partial charge in [0.25, 0.3) is 0 Å². The van der Waals surface area contributed by atoms with Gasteiger partial charge in [0.05, 0.1) is 17.6 Å². The molecule has 0 aliphatic rings. The Balaban J connectivity index is 1.90. The molecule has 0 saturated carbocycles. The fourth-order valence-corrected chi connectivity index (χ4v) is 3.36. The summed E-state index contributed by atoms with van der Waals surface area (Å²) in [6.45, 7) is 3.82. The quantitative estimate of drug-likeness (QED) is 0.677. The Kier molecular flexibility index (Phi) is 7.19. The lowest BCUT2D eigenvalue weighted by Gasteiger charge is -2.09. The zero-order valence-electron chi connectivity index (χ0n) is 13.1. The van der Waals surface area contributed by atoms with Crippen LogP contribution in [0.2, 0.25) is 0 Å². The Morgan fingerprint density at radius 2 is 2.04 bits per heavy atom. The van der Waals surface area contributed by atoms with Crippen molar-refractivity contribution < 1.29 is 14.3 Å². The zero-order chi connectivity index (χ0) is 17.5. The SMILES string of the molecule is CCOC(=O)CSC(C)C(=O)Nc1nnc(-c2ccc(Br)cc2)s1. The maximum atomic E-state index is 12.1. The molecule has 1 unspecified atom stereocenters. The van der Waals surface area contributed by atoms with Crippen molar-refractivity contribution in [1.29, 1.82) is 0 Å². The fourth-order valence-electron chi connectivity index (χ4n) is 1.66. The van der Waals surface area contributed by atoms with Crippen LogP contribution in [0.3, 0.4) is 0 Å². The summed E-state index contributed by atoms with van der Waals surface area (Å²) in [6, 6.07) is 7.69. The molecule has 0 aliphatic carbocycles. The summed E-state index contributed by atoms with van der Waals surface area (Å²) >= 11 is 5.90. The number of halogens is 1. The first-order valence-electron chi connectivity index (χ1n) is 7.17. The van der Waals surface area contributed by atoms with Crippen molar-refractivity contribution in [3.63, 3.8) is 0 Å². The average Bonchev–Trinajstić information content (AvgIpc) is 3.02. The second-order valence-corrected chi connectivity index (χ2v) is 7.89. The third-order valence-electron chi connectivity index (χ3n) is 2.87. The molecule has 0 spiro atoms. The maximum absolute atomic E-state index is 12.1. The summed E-state index contributed by atoms with van der Waals surface area (Å²) in [6.07, 6.45) is 0. The zero-order valence-corrected chi connectivity index (χ0v) is 16.3. The van der Waals surface area contributed by atoms with Crippen LogP contribution < -0.4 is 5.32 Å². The Bertz CT molecular complexity index is 706. The highest BCUT2D eigenvalue weighted by atomic mass is 79.9. The number of thioether (sulfide) groups is 1. The highest BCUT2D eigenvalue weighted by molar-refractivity contribution is 9.10. The molecule has 0 saturated heterocycles. The number of carbonyl (C=O) groups excluding carboxylic acids is 2. The highest BCUT2D eigenvalue weighted by Gasteiger charge is 2.17. The third-order valence-corrected chi connectivity index (χ3v) is 5.40. The molecule has 2 rings (SSSR count). The number of ether oxygens (including phenoxy) is 1. The van der Waals surface area contributed by atoms with Crippen LogP contribution in [0.15, 0.2) is 28.7 Å². The normalized spacial score (nSPS) is 11.8. The fraction of sp³-hybridized carbons (Fsp3) is 0.333. The van der Waals surface area contributed by atoms with Crippen LogP contribution >= 0.6 is 39.0 Å². The van der Waals surface area contributed by atoms with Crippen LogP contribution in [0.4, 0.5) is 5.13 Å². The largest absolute Gasteiger partial charge is 0.465 e. The number of esters is 1. The Labute approximate surface area is 156 Å². The van der Waals surface area contributed by atoms with Crippen molar-refractivity contribution >= 4 is 56.0 Å². The van der Waals surface area contributed by atoms with Gasteiger partial charge in [-0.15, -0.1) is 22.0 Å². The minimum atomic E-state index is -0.394. The maximum Gasteiger partial charge on any atom is 0.315 e. The molecule has 1 aromatic carbocycles. The first-order valence-corrected chi connectivity index (χ1v) is 9.83. The Hall–Kier alpha value is -1.45. The van der Waals surface area contributed by atoms with Crippen LogP contribution in [-0.4, -0.2) is 39.7 Å². The molecule has 0 bridgehead atoms. The van der Waals surface area contributed by atoms with Gasteiger partial charge in [-0.1, -0.05) is 39.4 Å². The molecular formula is C15H16BrN3O3S2. The lowest BCUT2D eigenvalue weighted by molar-refractivity contribution is -0.139. The van der Waals surface area contributed by atoms with Gasteiger partial charge < -0.3 is 4.74 Å². The van der Waals surface area contributed by atoms with E-state index < -0.39 is 5.25 Å². The molecule has 24 heavy (non-hydrogen) atoms. The molecule has 1 N–H and O–H groups in total. The van der Waals surface area contributed by atoms with Crippen LogP contribution in [0.25, 0.3) is 10.6 Å². The van der Waals surface area contributed by atoms with Gasteiger partial charge in [0.1, 0.15) is 5.01 Å². The van der Waals surface area contributed by atoms with Crippen LogP contribution in [0.1, 0.15) is 13.8 Å². The van der Waals surface area contributed by atoms with Crippen LogP contribution in [0.5, 0.6) is 0 Å². The minimum Gasteiger partial charge on any atom is -0.465 e. The number of nitrogens with zero attached hydrogens (tertiary/aromatic N) is 2. The number of nitrogens with one attached hydrogen (secondary N) is 1. The standard InChI is InChI=1S/C15H16BrN3O3S2/c1-3-22-12(20)8-23-9(2)13(21)17-15-19-18-14(24-15)10-4-6-11(16)7-5-10/h4-7,9H,3,8H2,1-2H3,(H,17,19,21). The molecule has 0 radical (unpaired) electrons. The molecule has 1 atom stereocenters. The van der Waals surface area contributed by atoms with Gasteiger partial charge in [-0.3, -0.25) is 14.9 Å². The number of anilines is 1. The predicted molar refractivity (Wildman–Crippen MR) is 100 cm³/mol. The smallest absolute Gasteiger partial charge is 0.315 e. The second-order valence-electron chi connectivity index (χ2n) is 4.67. The number of benzene rings is 1. The molecule has 0 aliphatic heterocycles. The van der Waals surface area contributed by atoms with Gasteiger partial charge in [-0.05, 0) is 26.0 Å². The van der Waals surface area contributed by atoms with Crippen molar-refractivity contribution in [1.82, 2.24) is 10.2 Å². The molecule has 2 aromatic rings. The van der Waals surface area contributed by atoms with E-state index in [1.165, 1.54) is 23.1 Å². The van der Waals surface area contributed by atoms with E-state index in [1.54, 1.807) is 13.8 Å². The van der Waals surface area contributed by atoms with E-state index >= 15 is 0 Å². The van der Waals surface area contributed by atoms with Crippen molar-refractivity contribution in [3.05, 3.63) is 28.7 Å². The van der Waals surface area contributed by atoms with E-state index in [0.29, 0.717) is 11.7 Å². The van der Waals surface area contributed by atoms with Gasteiger partial charge in [-0.2, -0.15) is 0 Å². The lowest BCUT2D eigenvalue weighted by atomic mass is 10.2. The molecule has 1 aromatic heterocycles. The summed E-state index contributed by atoms with van der Waals surface area (Å²) in [4.78, 5) is 23.4. The highest BCUT2D eigenvalue weighted by Crippen LogP contribution is 2.27. The summed E-state index contributed by atoms with van der Waals surface area (Å²) in [7, 11) is 0. The number of amides is 1. The van der Waals surface area contributed by atoms with Gasteiger partial charge in [0.2, 0.25) is 11.0 Å². The van der Waals surface area contributed by atoms with Crippen molar-refractivity contribution in [2.45, 2.75) is 19.1 Å². The predicted octanol–water partition coefficient (Wildman–Crippen LogP) is 3.59. The first kappa shape index (κ1) is 18.9. The second kappa shape index (κ2) is 9.14. The third kappa shape index (κ3) is 5.57. The van der Waals surface area contributed by atoms with E-state index in [0.717, 1.165) is 15.0 Å². The van der Waals surface area contributed by atoms with Crippen molar-refractivity contribution in [3.8, 4) is 10.6 Å². The number of aromatic nitrogens is 2. The summed E-state index contributed by atoms with van der Waals surface area (Å²) < 4.78 is 5.82. The Morgan fingerprint density at radius 3 is 2.71 bits per heavy atom. The molecule has 1 amide bonds. The topological polar surface area (TPSA) is 81.2 Å². The van der Waals surface area contributed by atoms with Crippen molar-refractivity contribution in [2.24, 2.45) is 0 Å². The van der Waals surface area contributed by atoms with Gasteiger partial charge in [-0.25, -0.2) is 0 Å². The number of carbonyl (C=O) groups is 2. The van der Waals surface area contributed by atoms with E-state index in [9.17, 15) is 9.59 Å². The van der Waals surface area contributed by atoms with Crippen LogP contribution in [-0.2, 0) is 14.3 Å². The summed E-state index contributed by atoms with van der Waals surface area (Å²) in [5, 5.41) is 11.6. The average molecular weight is 430 g/mol. The van der Waals surface area contributed by atoms with Crippen LogP contribution in [0, 0.1) is 0 Å². The van der Waals surface area contributed by atoms with Gasteiger partial charge in [0, 0.05) is 10.0 Å². The molecule has 128 valence electrons. The Morgan fingerprint density at radius 1 is 1.33 bits per heavy atom. The van der Waals surface area contributed by atoms with Gasteiger partial charge >= 0.3 is 5.97 Å². The molecule has 6 nitrogen and oxygen atoms in total. The van der Waals surface area contributed by atoms with E-state index in [1.807, 2.05) is 24.3 Å².